The van der Waals surface area contributed by atoms with Crippen LogP contribution in [0.2, 0.25) is 0 Å². The fraction of sp³-hybridized carbons (Fsp3) is 0.318. The SMILES string of the molecule is COCCn1c(SC(C)C(=O)Nc2cccc(C(F)(F)F)c2)nnc1-c1cccc(C)c1. The Morgan fingerprint density at radius 2 is 1.94 bits per heavy atom. The summed E-state index contributed by atoms with van der Waals surface area (Å²) in [7, 11) is 1.59. The highest BCUT2D eigenvalue weighted by Gasteiger charge is 2.30. The molecule has 0 saturated heterocycles. The van der Waals surface area contributed by atoms with Crippen LogP contribution in [0.3, 0.4) is 0 Å². The molecule has 0 radical (unpaired) electrons. The van der Waals surface area contributed by atoms with Gasteiger partial charge in [-0.25, -0.2) is 0 Å². The lowest BCUT2D eigenvalue weighted by atomic mass is 10.1. The number of thioether (sulfide) groups is 1. The lowest BCUT2D eigenvalue weighted by Crippen LogP contribution is -2.23. The summed E-state index contributed by atoms with van der Waals surface area (Å²) in [6.07, 6.45) is -4.48. The second-order valence-corrected chi connectivity index (χ2v) is 8.46. The van der Waals surface area contributed by atoms with E-state index in [1.54, 1.807) is 14.0 Å². The predicted octanol–water partition coefficient (Wildman–Crippen LogP) is 5.04. The van der Waals surface area contributed by atoms with E-state index in [1.165, 1.54) is 23.9 Å². The maximum atomic E-state index is 12.9. The van der Waals surface area contributed by atoms with Crippen molar-refractivity contribution in [2.75, 3.05) is 19.0 Å². The molecular formula is C22H23F3N4O2S. The van der Waals surface area contributed by atoms with Crippen molar-refractivity contribution in [1.29, 1.82) is 0 Å². The van der Waals surface area contributed by atoms with Crippen LogP contribution in [-0.4, -0.2) is 39.6 Å². The number of ether oxygens (including phenoxy) is 1. The van der Waals surface area contributed by atoms with Crippen molar-refractivity contribution in [2.24, 2.45) is 0 Å². The minimum absolute atomic E-state index is 0.0820. The molecule has 1 N–H and O–H groups in total. The normalized spacial score (nSPS) is 12.6. The number of nitrogens with zero attached hydrogens (tertiary/aromatic N) is 3. The number of amides is 1. The summed E-state index contributed by atoms with van der Waals surface area (Å²) in [5.41, 5.74) is 1.23. The highest BCUT2D eigenvalue weighted by atomic mass is 32.2. The zero-order valence-corrected chi connectivity index (χ0v) is 18.6. The molecule has 0 fully saturated rings. The fourth-order valence-electron chi connectivity index (χ4n) is 2.99. The second-order valence-electron chi connectivity index (χ2n) is 7.15. The summed E-state index contributed by atoms with van der Waals surface area (Å²) >= 11 is 1.18. The van der Waals surface area contributed by atoms with E-state index in [0.29, 0.717) is 24.1 Å². The third-order valence-corrected chi connectivity index (χ3v) is 5.70. The Balaban J connectivity index is 1.78. The number of anilines is 1. The second kappa shape index (κ2) is 10.2. The van der Waals surface area contributed by atoms with Gasteiger partial charge in [-0.1, -0.05) is 41.6 Å². The van der Waals surface area contributed by atoms with Gasteiger partial charge >= 0.3 is 6.18 Å². The Labute approximate surface area is 188 Å². The van der Waals surface area contributed by atoms with E-state index in [1.807, 2.05) is 35.8 Å². The molecule has 0 saturated carbocycles. The number of nitrogens with one attached hydrogen (secondary N) is 1. The topological polar surface area (TPSA) is 69.0 Å². The molecule has 10 heteroatoms. The number of benzene rings is 2. The molecule has 170 valence electrons. The Hall–Kier alpha value is -2.85. The molecular weight excluding hydrogens is 441 g/mol. The molecule has 32 heavy (non-hydrogen) atoms. The summed E-state index contributed by atoms with van der Waals surface area (Å²) in [5.74, 6) is 0.214. The van der Waals surface area contributed by atoms with Crippen molar-refractivity contribution < 1.29 is 22.7 Å². The third-order valence-electron chi connectivity index (χ3n) is 4.62. The van der Waals surface area contributed by atoms with E-state index in [0.717, 1.165) is 23.3 Å². The van der Waals surface area contributed by atoms with E-state index in [4.69, 9.17) is 4.74 Å². The molecule has 1 heterocycles. The molecule has 3 aromatic rings. The van der Waals surface area contributed by atoms with E-state index >= 15 is 0 Å². The number of hydrogen-bond acceptors (Lipinski definition) is 5. The molecule has 0 spiro atoms. The maximum absolute atomic E-state index is 12.9. The molecule has 1 amide bonds. The first-order chi connectivity index (χ1) is 15.2. The first kappa shape index (κ1) is 23.8. The van der Waals surface area contributed by atoms with Crippen LogP contribution in [-0.2, 0) is 22.3 Å². The zero-order chi connectivity index (χ0) is 23.3. The van der Waals surface area contributed by atoms with Crippen molar-refractivity contribution in [3.05, 3.63) is 59.7 Å². The number of aromatic nitrogens is 3. The quantitative estimate of drug-likeness (QED) is 0.473. The third kappa shape index (κ3) is 5.89. The number of aryl methyl sites for hydroxylation is 1. The van der Waals surface area contributed by atoms with E-state index in [2.05, 4.69) is 15.5 Å². The monoisotopic (exact) mass is 464 g/mol. The highest BCUT2D eigenvalue weighted by Crippen LogP contribution is 2.31. The number of methoxy groups -OCH3 is 1. The largest absolute Gasteiger partial charge is 0.416 e. The number of carbonyl (C=O) groups excluding carboxylic acids is 1. The molecule has 1 atom stereocenters. The van der Waals surface area contributed by atoms with Crippen molar-refractivity contribution in [3.63, 3.8) is 0 Å². The van der Waals surface area contributed by atoms with Crippen LogP contribution >= 0.6 is 11.8 Å². The summed E-state index contributed by atoms with van der Waals surface area (Å²) in [6, 6.07) is 12.4. The molecule has 6 nitrogen and oxygen atoms in total. The van der Waals surface area contributed by atoms with Crippen molar-refractivity contribution in [3.8, 4) is 11.4 Å². The van der Waals surface area contributed by atoms with Gasteiger partial charge in [-0.3, -0.25) is 9.36 Å². The molecule has 0 aliphatic rings. The van der Waals surface area contributed by atoms with Crippen molar-refractivity contribution in [2.45, 2.75) is 37.0 Å². The van der Waals surface area contributed by atoms with E-state index in [9.17, 15) is 18.0 Å². The predicted molar refractivity (Wildman–Crippen MR) is 117 cm³/mol. The molecule has 0 aliphatic heterocycles. The van der Waals surface area contributed by atoms with Crippen molar-refractivity contribution in [1.82, 2.24) is 14.8 Å². The molecule has 2 aromatic carbocycles. The number of rotatable bonds is 8. The van der Waals surface area contributed by atoms with Gasteiger partial charge in [-0.15, -0.1) is 10.2 Å². The van der Waals surface area contributed by atoms with Crippen LogP contribution < -0.4 is 5.32 Å². The lowest BCUT2D eigenvalue weighted by molar-refractivity contribution is -0.137. The Morgan fingerprint density at radius 1 is 1.19 bits per heavy atom. The summed E-state index contributed by atoms with van der Waals surface area (Å²) in [5, 5.41) is 11.0. The van der Waals surface area contributed by atoms with Crippen LogP contribution in [0.4, 0.5) is 18.9 Å². The number of halogens is 3. The molecule has 3 rings (SSSR count). The van der Waals surface area contributed by atoms with Gasteiger partial charge in [0.05, 0.1) is 24.0 Å². The Morgan fingerprint density at radius 3 is 2.62 bits per heavy atom. The first-order valence-corrected chi connectivity index (χ1v) is 10.7. The average molecular weight is 465 g/mol. The standard InChI is InChI=1S/C22H23F3N4O2S/c1-14-6-4-7-16(12-14)19-27-28-21(29(19)10-11-31-3)32-15(2)20(30)26-18-9-5-8-17(13-18)22(23,24)25/h4-9,12-13,15H,10-11H2,1-3H3,(H,26,30). The van der Waals surface area contributed by atoms with E-state index in [-0.39, 0.29) is 5.69 Å². The van der Waals surface area contributed by atoms with Crippen LogP contribution in [0.25, 0.3) is 11.4 Å². The van der Waals surface area contributed by atoms with Crippen molar-refractivity contribution >= 4 is 23.4 Å². The lowest BCUT2D eigenvalue weighted by Gasteiger charge is -2.14. The van der Waals surface area contributed by atoms with Gasteiger partial charge in [0.25, 0.3) is 0 Å². The molecule has 0 bridgehead atoms. The number of alkyl halides is 3. The Kier molecular flexibility index (Phi) is 7.57. The van der Waals surface area contributed by atoms with Crippen LogP contribution in [0, 0.1) is 6.92 Å². The van der Waals surface area contributed by atoms with Crippen LogP contribution in [0.1, 0.15) is 18.1 Å². The molecule has 1 unspecified atom stereocenters. The van der Waals surface area contributed by atoms with Gasteiger partial charge in [-0.2, -0.15) is 13.2 Å². The van der Waals surface area contributed by atoms with Gasteiger partial charge in [-0.05, 0) is 38.1 Å². The van der Waals surface area contributed by atoms with Crippen LogP contribution in [0.15, 0.2) is 53.7 Å². The van der Waals surface area contributed by atoms with Gasteiger partial charge in [0, 0.05) is 18.4 Å². The Bertz CT molecular complexity index is 1090. The minimum Gasteiger partial charge on any atom is -0.383 e. The van der Waals surface area contributed by atoms with Gasteiger partial charge in [0.2, 0.25) is 5.91 Å². The number of carbonyl (C=O) groups is 1. The van der Waals surface area contributed by atoms with Gasteiger partial charge in [0.15, 0.2) is 11.0 Å². The highest BCUT2D eigenvalue weighted by molar-refractivity contribution is 8.00. The summed E-state index contributed by atoms with van der Waals surface area (Å²) in [6.45, 7) is 4.55. The van der Waals surface area contributed by atoms with Crippen LogP contribution in [0.5, 0.6) is 0 Å². The smallest absolute Gasteiger partial charge is 0.383 e. The summed E-state index contributed by atoms with van der Waals surface area (Å²) in [4.78, 5) is 12.6. The number of hydrogen-bond donors (Lipinski definition) is 1. The zero-order valence-electron chi connectivity index (χ0n) is 17.8. The summed E-state index contributed by atoms with van der Waals surface area (Å²) < 4.78 is 45.8. The van der Waals surface area contributed by atoms with E-state index < -0.39 is 22.9 Å². The fourth-order valence-corrected chi connectivity index (χ4v) is 3.86. The van der Waals surface area contributed by atoms with Gasteiger partial charge < -0.3 is 10.1 Å². The first-order valence-electron chi connectivity index (χ1n) is 9.83. The average Bonchev–Trinajstić information content (AvgIpc) is 3.14. The maximum Gasteiger partial charge on any atom is 0.416 e. The molecule has 0 aliphatic carbocycles. The minimum atomic E-state index is -4.48. The molecule has 1 aromatic heterocycles. The van der Waals surface area contributed by atoms with Gasteiger partial charge in [0.1, 0.15) is 0 Å².